The number of anilines is 1. The lowest BCUT2D eigenvalue weighted by molar-refractivity contribution is 0.0977. The van der Waals surface area contributed by atoms with Crippen molar-refractivity contribution in [1.82, 2.24) is 10.3 Å². The molecule has 0 saturated carbocycles. The zero-order valence-corrected chi connectivity index (χ0v) is 18.9. The van der Waals surface area contributed by atoms with Gasteiger partial charge in [0.25, 0.3) is 5.91 Å². The van der Waals surface area contributed by atoms with Gasteiger partial charge in [0.1, 0.15) is 10.8 Å². The summed E-state index contributed by atoms with van der Waals surface area (Å²) in [5.74, 6) is -0.0998. The van der Waals surface area contributed by atoms with Gasteiger partial charge in [0.05, 0.1) is 15.8 Å². The number of fused-ring (bicyclic) bond motifs is 1. The first-order chi connectivity index (χ1) is 14.8. The van der Waals surface area contributed by atoms with Gasteiger partial charge in [-0.1, -0.05) is 18.2 Å². The maximum absolute atomic E-state index is 12.5. The molecule has 3 N–H and O–H groups in total. The van der Waals surface area contributed by atoms with Crippen molar-refractivity contribution in [2.24, 2.45) is 0 Å². The van der Waals surface area contributed by atoms with Crippen molar-refractivity contribution in [1.29, 1.82) is 0 Å². The lowest BCUT2D eigenvalue weighted by atomic mass is 10.1. The lowest BCUT2D eigenvalue weighted by Crippen LogP contribution is -2.34. The molecule has 4 rings (SSSR count). The number of phenolic OH excluding ortho intramolecular Hbond substituents is 1. The first-order valence-electron chi connectivity index (χ1n) is 9.71. The highest BCUT2D eigenvalue weighted by molar-refractivity contribution is 7.80. The number of rotatable bonds is 3. The van der Waals surface area contributed by atoms with E-state index in [4.69, 9.17) is 12.2 Å². The van der Waals surface area contributed by atoms with Crippen LogP contribution in [0.25, 0.3) is 20.8 Å². The van der Waals surface area contributed by atoms with E-state index < -0.39 is 0 Å². The van der Waals surface area contributed by atoms with Gasteiger partial charge < -0.3 is 10.4 Å². The van der Waals surface area contributed by atoms with E-state index in [0.717, 1.165) is 26.4 Å². The monoisotopic (exact) mass is 447 g/mol. The highest BCUT2D eigenvalue weighted by Gasteiger charge is 2.15. The van der Waals surface area contributed by atoms with Crippen molar-refractivity contribution in [2.45, 2.75) is 20.8 Å². The topological polar surface area (TPSA) is 74.2 Å². The Morgan fingerprint density at radius 1 is 1.00 bits per heavy atom. The summed E-state index contributed by atoms with van der Waals surface area (Å²) in [5.41, 5.74) is 5.56. The second kappa shape index (κ2) is 8.45. The van der Waals surface area contributed by atoms with Gasteiger partial charge in [-0.25, -0.2) is 4.98 Å². The first kappa shape index (κ1) is 21.0. The maximum Gasteiger partial charge on any atom is 0.257 e. The molecule has 156 valence electrons. The molecule has 0 spiro atoms. The number of aromatic nitrogens is 1. The molecule has 7 heteroatoms. The molecule has 3 aromatic carbocycles. The van der Waals surface area contributed by atoms with E-state index in [1.807, 2.05) is 57.2 Å². The van der Waals surface area contributed by atoms with E-state index in [0.29, 0.717) is 22.4 Å². The molecule has 1 amide bonds. The Bertz CT molecular complexity index is 1290. The van der Waals surface area contributed by atoms with Crippen molar-refractivity contribution < 1.29 is 9.90 Å². The average Bonchev–Trinajstić information content (AvgIpc) is 3.16. The largest absolute Gasteiger partial charge is 0.507 e. The van der Waals surface area contributed by atoms with Crippen LogP contribution in [-0.2, 0) is 0 Å². The molecular weight excluding hydrogens is 426 g/mol. The Labute approximate surface area is 189 Å². The second-order valence-corrected chi connectivity index (χ2v) is 8.82. The Hall–Kier alpha value is -3.29. The molecule has 4 aromatic rings. The van der Waals surface area contributed by atoms with Crippen molar-refractivity contribution >= 4 is 50.5 Å². The molecule has 1 heterocycles. The summed E-state index contributed by atoms with van der Waals surface area (Å²) in [6, 6.07) is 16.9. The third kappa shape index (κ3) is 4.42. The number of phenols is 1. The van der Waals surface area contributed by atoms with Crippen molar-refractivity contribution in [3.05, 3.63) is 76.9 Å². The molecule has 0 atom stereocenters. The maximum atomic E-state index is 12.5. The van der Waals surface area contributed by atoms with Crippen molar-refractivity contribution in [3.63, 3.8) is 0 Å². The number of nitrogens with zero attached hydrogens (tertiary/aromatic N) is 1. The summed E-state index contributed by atoms with van der Waals surface area (Å²) < 4.78 is 1.05. The van der Waals surface area contributed by atoms with Crippen molar-refractivity contribution in [3.8, 4) is 16.3 Å². The molecule has 0 aliphatic rings. The smallest absolute Gasteiger partial charge is 0.257 e. The fourth-order valence-electron chi connectivity index (χ4n) is 3.22. The van der Waals surface area contributed by atoms with Gasteiger partial charge in [0, 0.05) is 11.3 Å². The number of amides is 1. The first-order valence-corrected chi connectivity index (χ1v) is 10.9. The Morgan fingerprint density at radius 2 is 1.77 bits per heavy atom. The molecule has 0 aliphatic heterocycles. The summed E-state index contributed by atoms with van der Waals surface area (Å²) in [6.45, 7) is 5.78. The van der Waals surface area contributed by atoms with E-state index in [1.165, 1.54) is 11.3 Å². The fourth-order valence-corrected chi connectivity index (χ4v) is 4.42. The second-order valence-electron chi connectivity index (χ2n) is 7.38. The molecular formula is C24H21N3O2S2. The minimum atomic E-state index is -0.275. The summed E-state index contributed by atoms with van der Waals surface area (Å²) in [5, 5.41) is 17.3. The third-order valence-electron chi connectivity index (χ3n) is 5.08. The van der Waals surface area contributed by atoms with Gasteiger partial charge in [-0.2, -0.15) is 0 Å². The summed E-state index contributed by atoms with van der Waals surface area (Å²) >= 11 is 6.85. The third-order valence-corrected chi connectivity index (χ3v) is 6.35. The van der Waals surface area contributed by atoms with Crippen LogP contribution in [0.1, 0.15) is 27.0 Å². The van der Waals surface area contributed by atoms with Crippen LogP contribution in [0, 0.1) is 20.8 Å². The normalized spacial score (nSPS) is 10.8. The SMILES string of the molecule is Cc1ccc(C(=O)NC(=S)Nc2cc(C)c(O)c(-c3nc4ccccc4s3)c2)cc1C. The number of aromatic hydroxyl groups is 1. The molecule has 0 radical (unpaired) electrons. The molecule has 1 aromatic heterocycles. The quantitative estimate of drug-likeness (QED) is 0.277. The molecule has 0 saturated heterocycles. The number of para-hydroxylation sites is 1. The van der Waals surface area contributed by atoms with Gasteiger partial charge in [-0.3, -0.25) is 10.1 Å². The van der Waals surface area contributed by atoms with Gasteiger partial charge >= 0.3 is 0 Å². The van der Waals surface area contributed by atoms with Gasteiger partial charge in [-0.05, 0) is 86.1 Å². The number of hydrogen-bond donors (Lipinski definition) is 3. The highest BCUT2D eigenvalue weighted by atomic mass is 32.1. The fraction of sp³-hybridized carbons (Fsp3) is 0.125. The summed E-state index contributed by atoms with van der Waals surface area (Å²) in [7, 11) is 0. The molecule has 0 fully saturated rings. The van der Waals surface area contributed by atoms with Crippen LogP contribution < -0.4 is 10.6 Å². The minimum Gasteiger partial charge on any atom is -0.507 e. The minimum absolute atomic E-state index is 0.176. The molecule has 0 bridgehead atoms. The van der Waals surface area contributed by atoms with E-state index in [-0.39, 0.29) is 16.8 Å². The molecule has 31 heavy (non-hydrogen) atoms. The molecule has 0 unspecified atom stereocenters. The number of carbonyl (C=O) groups is 1. The number of nitrogens with one attached hydrogen (secondary N) is 2. The Kier molecular flexibility index (Phi) is 5.71. The number of thiazole rings is 1. The molecule has 5 nitrogen and oxygen atoms in total. The average molecular weight is 448 g/mol. The van der Waals surface area contributed by atoms with Crippen LogP contribution in [-0.4, -0.2) is 21.1 Å². The van der Waals surface area contributed by atoms with Gasteiger partial charge in [0.2, 0.25) is 0 Å². The van der Waals surface area contributed by atoms with Crippen LogP contribution >= 0.6 is 23.6 Å². The zero-order valence-electron chi connectivity index (χ0n) is 17.3. The van der Waals surface area contributed by atoms with E-state index in [9.17, 15) is 9.90 Å². The van der Waals surface area contributed by atoms with Crippen LogP contribution in [0.15, 0.2) is 54.6 Å². The van der Waals surface area contributed by atoms with Crippen molar-refractivity contribution in [2.75, 3.05) is 5.32 Å². The Balaban J connectivity index is 1.56. The van der Waals surface area contributed by atoms with Crippen LogP contribution in [0.3, 0.4) is 0 Å². The lowest BCUT2D eigenvalue weighted by Gasteiger charge is -2.13. The van der Waals surface area contributed by atoms with Crippen LogP contribution in [0.2, 0.25) is 0 Å². The molecule has 0 aliphatic carbocycles. The highest BCUT2D eigenvalue weighted by Crippen LogP contribution is 2.38. The number of hydrogen-bond acceptors (Lipinski definition) is 5. The predicted octanol–water partition coefficient (Wildman–Crippen LogP) is 5.72. The standard InChI is InChI=1S/C24H21N3O2S2/c1-13-8-9-16(10-14(13)2)22(29)27-24(30)25-17-11-15(3)21(28)18(12-17)23-26-19-6-4-5-7-20(19)31-23/h4-12,28H,1-3H3,(H2,25,27,29,30). The number of aryl methyl sites for hydroxylation is 3. The van der Waals surface area contributed by atoms with E-state index >= 15 is 0 Å². The van der Waals surface area contributed by atoms with E-state index in [1.54, 1.807) is 18.2 Å². The van der Waals surface area contributed by atoms with E-state index in [2.05, 4.69) is 15.6 Å². The van der Waals surface area contributed by atoms with Gasteiger partial charge in [0.15, 0.2) is 5.11 Å². The summed E-state index contributed by atoms with van der Waals surface area (Å²) in [6.07, 6.45) is 0. The predicted molar refractivity (Wildman–Crippen MR) is 131 cm³/mol. The van der Waals surface area contributed by atoms with Crippen LogP contribution in [0.4, 0.5) is 5.69 Å². The van der Waals surface area contributed by atoms with Gasteiger partial charge in [-0.15, -0.1) is 11.3 Å². The zero-order chi connectivity index (χ0) is 22.1. The number of carbonyl (C=O) groups excluding carboxylic acids is 1. The number of benzene rings is 3. The summed E-state index contributed by atoms with van der Waals surface area (Å²) in [4.78, 5) is 17.2. The Morgan fingerprint density at radius 3 is 2.52 bits per heavy atom. The number of thiocarbonyl (C=S) groups is 1. The van der Waals surface area contributed by atoms with Crippen LogP contribution in [0.5, 0.6) is 5.75 Å².